The smallest absolute Gasteiger partial charge is 0.328 e. The number of carbonyl (C=O) groups is 2. The number of aliphatic carboxylic acids is 2. The Morgan fingerprint density at radius 2 is 1.80 bits per heavy atom. The molecule has 2 aromatic rings. The van der Waals surface area contributed by atoms with E-state index in [1.165, 1.54) is 11.1 Å². The van der Waals surface area contributed by atoms with Gasteiger partial charge in [0, 0.05) is 29.8 Å². The van der Waals surface area contributed by atoms with Gasteiger partial charge in [-0.1, -0.05) is 29.8 Å². The molecule has 0 spiro atoms. The number of hydrogen-bond donors (Lipinski definition) is 5. The minimum atomic E-state index is -1.26. The summed E-state index contributed by atoms with van der Waals surface area (Å²) in [6.45, 7) is 0.499. The van der Waals surface area contributed by atoms with Crippen LogP contribution in [0.5, 0.6) is 5.75 Å². The fourth-order valence-corrected chi connectivity index (χ4v) is 3.37. The molecule has 3 rings (SSSR count). The van der Waals surface area contributed by atoms with Gasteiger partial charge < -0.3 is 25.7 Å². The largest absolute Gasteiger partial charge is 0.508 e. The Balaban J connectivity index is 0.000000343. The van der Waals surface area contributed by atoms with Gasteiger partial charge >= 0.3 is 11.9 Å². The summed E-state index contributed by atoms with van der Waals surface area (Å²) in [5.74, 6) is -2.20. The Hall–Kier alpha value is -2.87. The minimum absolute atomic E-state index is 0.318. The molecule has 8 heteroatoms. The number of phenolic OH excluding ortho intramolecular Hbond substituents is 1. The van der Waals surface area contributed by atoms with Crippen LogP contribution in [0.1, 0.15) is 29.2 Å². The predicted molar refractivity (Wildman–Crippen MR) is 113 cm³/mol. The lowest BCUT2D eigenvalue weighted by molar-refractivity contribution is -0.134. The molecule has 30 heavy (non-hydrogen) atoms. The van der Waals surface area contributed by atoms with Gasteiger partial charge in [0.1, 0.15) is 5.75 Å². The first-order valence-corrected chi connectivity index (χ1v) is 9.74. The van der Waals surface area contributed by atoms with E-state index in [-0.39, 0.29) is 0 Å². The van der Waals surface area contributed by atoms with Crippen LogP contribution in [-0.2, 0) is 22.4 Å². The molecule has 0 aliphatic heterocycles. The van der Waals surface area contributed by atoms with Gasteiger partial charge in [-0.3, -0.25) is 0 Å². The summed E-state index contributed by atoms with van der Waals surface area (Å²) in [7, 11) is 0. The molecule has 0 bridgehead atoms. The maximum absolute atomic E-state index is 10.3. The molecule has 7 nitrogen and oxygen atoms in total. The molecule has 0 heterocycles. The lowest BCUT2D eigenvalue weighted by atomic mass is 9.88. The molecule has 1 aliphatic carbocycles. The van der Waals surface area contributed by atoms with Crippen molar-refractivity contribution in [3.05, 3.63) is 76.3 Å². The Morgan fingerprint density at radius 3 is 2.43 bits per heavy atom. The number of hydrogen-bond acceptors (Lipinski definition) is 5. The fourth-order valence-electron chi connectivity index (χ4n) is 3.17. The molecule has 0 radical (unpaired) electrons. The summed E-state index contributed by atoms with van der Waals surface area (Å²) >= 11 is 5.95. The van der Waals surface area contributed by atoms with E-state index in [0.717, 1.165) is 24.8 Å². The summed E-state index contributed by atoms with van der Waals surface area (Å²) in [5, 5.41) is 39.5. The van der Waals surface area contributed by atoms with E-state index in [0.29, 0.717) is 35.5 Å². The number of nitrogens with one attached hydrogen (secondary N) is 1. The summed E-state index contributed by atoms with van der Waals surface area (Å²) in [6, 6.07) is 13.2. The molecule has 0 amide bonds. The second-order valence-corrected chi connectivity index (χ2v) is 7.32. The van der Waals surface area contributed by atoms with Crippen LogP contribution in [-0.4, -0.2) is 45.0 Å². The molecule has 2 unspecified atom stereocenters. The van der Waals surface area contributed by atoms with Crippen LogP contribution < -0.4 is 5.32 Å². The van der Waals surface area contributed by atoms with E-state index in [9.17, 15) is 19.8 Å². The van der Waals surface area contributed by atoms with Gasteiger partial charge in [-0.15, -0.1) is 0 Å². The molecule has 5 N–H and O–H groups in total. The van der Waals surface area contributed by atoms with E-state index >= 15 is 0 Å². The van der Waals surface area contributed by atoms with Gasteiger partial charge in [0.25, 0.3) is 0 Å². The fraction of sp³-hybridized carbons (Fsp3) is 0.273. The number of carboxylic acids is 2. The highest BCUT2D eigenvalue weighted by atomic mass is 35.5. The van der Waals surface area contributed by atoms with Crippen LogP contribution in [0, 0.1) is 0 Å². The van der Waals surface area contributed by atoms with E-state index in [1.807, 2.05) is 24.3 Å². The summed E-state index contributed by atoms with van der Waals surface area (Å²) in [5.41, 5.74) is 3.33. The number of carboxylic acid groups (broad SMARTS) is 2. The topological polar surface area (TPSA) is 127 Å². The molecule has 0 fully saturated rings. The van der Waals surface area contributed by atoms with E-state index < -0.39 is 18.0 Å². The average Bonchev–Trinajstić information content (AvgIpc) is 2.70. The first-order chi connectivity index (χ1) is 14.2. The SMILES string of the molecule is O=C(O)C=CC(=O)O.Oc1ccc2c(c1)CC(NCC(O)c1cccc(Cl)c1)CC2. The van der Waals surface area contributed by atoms with Gasteiger partial charge in [-0.2, -0.15) is 0 Å². The third kappa shape index (κ3) is 7.87. The van der Waals surface area contributed by atoms with Crippen molar-refractivity contribution in [3.63, 3.8) is 0 Å². The van der Waals surface area contributed by atoms with Crippen molar-refractivity contribution in [1.82, 2.24) is 5.32 Å². The standard InChI is InChI=1S/C18H20ClNO2.C4H4O4/c19-15-3-1-2-13(8-15)18(22)11-20-16-6-4-12-5-7-17(21)10-14(12)9-16;5-3(6)1-2-4(7)8/h1-3,5,7-8,10,16,18,20-22H,4,6,9,11H2;1-2H,(H,5,6)(H,7,8). The normalized spacial score (nSPS) is 16.3. The average molecular weight is 434 g/mol. The summed E-state index contributed by atoms with van der Waals surface area (Å²) < 4.78 is 0. The minimum Gasteiger partial charge on any atom is -0.508 e. The lowest BCUT2D eigenvalue weighted by Gasteiger charge is -2.26. The van der Waals surface area contributed by atoms with Gasteiger partial charge in [-0.25, -0.2) is 9.59 Å². The number of aromatic hydroxyl groups is 1. The number of phenols is 1. The van der Waals surface area contributed by atoms with E-state index in [4.69, 9.17) is 21.8 Å². The lowest BCUT2D eigenvalue weighted by Crippen LogP contribution is -2.37. The van der Waals surface area contributed by atoms with Crippen molar-refractivity contribution in [2.75, 3.05) is 6.54 Å². The third-order valence-corrected chi connectivity index (χ3v) is 4.86. The molecule has 0 aromatic heterocycles. The molecule has 0 saturated carbocycles. The second-order valence-electron chi connectivity index (χ2n) is 6.88. The maximum Gasteiger partial charge on any atom is 0.328 e. The highest BCUT2D eigenvalue weighted by Gasteiger charge is 2.19. The predicted octanol–water partition coefficient (Wildman–Crippen LogP) is 2.94. The zero-order valence-corrected chi connectivity index (χ0v) is 16.9. The van der Waals surface area contributed by atoms with E-state index in [1.54, 1.807) is 18.2 Å². The van der Waals surface area contributed by atoms with Crippen molar-refractivity contribution in [2.24, 2.45) is 0 Å². The number of benzene rings is 2. The van der Waals surface area contributed by atoms with Crippen LogP contribution >= 0.6 is 11.6 Å². The molecule has 2 aromatic carbocycles. The Morgan fingerprint density at radius 1 is 1.10 bits per heavy atom. The number of aliphatic hydroxyl groups is 1. The molecule has 160 valence electrons. The van der Waals surface area contributed by atoms with Crippen LogP contribution in [0.3, 0.4) is 0 Å². The highest BCUT2D eigenvalue weighted by Crippen LogP contribution is 2.25. The molecule has 0 saturated heterocycles. The quantitative estimate of drug-likeness (QED) is 0.443. The summed E-state index contributed by atoms with van der Waals surface area (Å²) in [6.07, 6.45) is 3.47. The Bertz CT molecular complexity index is 898. The van der Waals surface area contributed by atoms with Gasteiger partial charge in [0.15, 0.2) is 0 Å². The van der Waals surface area contributed by atoms with Crippen LogP contribution in [0.15, 0.2) is 54.6 Å². The zero-order chi connectivity index (χ0) is 22.1. The first-order valence-electron chi connectivity index (χ1n) is 9.36. The molecular weight excluding hydrogens is 410 g/mol. The highest BCUT2D eigenvalue weighted by molar-refractivity contribution is 6.30. The van der Waals surface area contributed by atoms with E-state index in [2.05, 4.69) is 5.32 Å². The van der Waals surface area contributed by atoms with Gasteiger partial charge in [-0.05, 0) is 60.2 Å². The number of aliphatic hydroxyl groups excluding tert-OH is 1. The number of rotatable bonds is 6. The maximum atomic E-state index is 10.3. The molecule has 1 aliphatic rings. The van der Waals surface area contributed by atoms with Crippen LogP contribution in [0.2, 0.25) is 5.02 Å². The van der Waals surface area contributed by atoms with Crippen LogP contribution in [0.4, 0.5) is 0 Å². The van der Waals surface area contributed by atoms with Crippen molar-refractivity contribution >= 4 is 23.5 Å². The Labute approximate surface area is 179 Å². The number of halogens is 1. The third-order valence-electron chi connectivity index (χ3n) is 4.62. The molecular formula is C22H24ClNO6. The van der Waals surface area contributed by atoms with Gasteiger partial charge in [0.2, 0.25) is 0 Å². The van der Waals surface area contributed by atoms with Gasteiger partial charge in [0.05, 0.1) is 6.10 Å². The Kier molecular flexibility index (Phi) is 8.86. The van der Waals surface area contributed by atoms with Crippen molar-refractivity contribution in [3.8, 4) is 5.75 Å². The second kappa shape index (κ2) is 11.3. The zero-order valence-electron chi connectivity index (χ0n) is 16.2. The van der Waals surface area contributed by atoms with Crippen LogP contribution in [0.25, 0.3) is 0 Å². The van der Waals surface area contributed by atoms with Crippen molar-refractivity contribution in [1.29, 1.82) is 0 Å². The first kappa shape index (κ1) is 23.4. The van der Waals surface area contributed by atoms with Crippen molar-refractivity contribution in [2.45, 2.75) is 31.4 Å². The number of aryl methyl sites for hydroxylation is 1. The summed E-state index contributed by atoms with van der Waals surface area (Å²) in [4.78, 5) is 19.1. The molecule has 2 atom stereocenters. The number of fused-ring (bicyclic) bond motifs is 1. The monoisotopic (exact) mass is 433 g/mol. The van der Waals surface area contributed by atoms with Crippen molar-refractivity contribution < 1.29 is 30.0 Å².